The van der Waals surface area contributed by atoms with Crippen LogP contribution >= 0.6 is 0 Å². The topological polar surface area (TPSA) is 76.0 Å². The summed E-state index contributed by atoms with van der Waals surface area (Å²) in [4.78, 5) is 29.6. The molecule has 6 nitrogen and oxygen atoms in total. The molecule has 0 saturated carbocycles. The predicted octanol–water partition coefficient (Wildman–Crippen LogP) is 1.46. The molecule has 0 radical (unpaired) electrons. The van der Waals surface area contributed by atoms with Gasteiger partial charge in [0.2, 0.25) is 0 Å². The number of hydrogen-bond acceptors (Lipinski definition) is 4. The molecule has 2 heterocycles. The zero-order chi connectivity index (χ0) is 17.1. The molecule has 1 amide bonds. The molecule has 2 N–H and O–H groups in total. The Hall–Kier alpha value is -2.21. The van der Waals surface area contributed by atoms with Crippen molar-refractivity contribution in [3.8, 4) is 0 Å². The molecule has 2 aromatic rings. The van der Waals surface area contributed by atoms with Gasteiger partial charge in [-0.05, 0) is 45.0 Å². The van der Waals surface area contributed by atoms with Crippen LogP contribution in [0.1, 0.15) is 42.4 Å². The quantitative estimate of drug-likeness (QED) is 0.891. The summed E-state index contributed by atoms with van der Waals surface area (Å²) >= 11 is 0. The SMILES string of the molecule is CNC(C)CNC(=O)c1ccc2c(=O)n3c(nc2c1)CCCCC3. The molecule has 3 rings (SSSR count). The van der Waals surface area contributed by atoms with Crippen LogP contribution in [0.3, 0.4) is 0 Å². The van der Waals surface area contributed by atoms with E-state index in [1.54, 1.807) is 22.8 Å². The average molecular weight is 328 g/mol. The van der Waals surface area contributed by atoms with E-state index in [0.717, 1.165) is 38.1 Å². The minimum atomic E-state index is -0.143. The van der Waals surface area contributed by atoms with E-state index in [2.05, 4.69) is 15.6 Å². The number of nitrogens with zero attached hydrogens (tertiary/aromatic N) is 2. The fourth-order valence-electron chi connectivity index (χ4n) is 3.01. The summed E-state index contributed by atoms with van der Waals surface area (Å²) in [5.41, 5.74) is 1.16. The molecule has 0 bridgehead atoms. The highest BCUT2D eigenvalue weighted by Crippen LogP contribution is 2.16. The minimum absolute atomic E-state index is 0.00710. The van der Waals surface area contributed by atoms with Crippen molar-refractivity contribution < 1.29 is 4.79 Å². The molecule has 24 heavy (non-hydrogen) atoms. The van der Waals surface area contributed by atoms with Gasteiger partial charge in [0.15, 0.2) is 0 Å². The first-order valence-corrected chi connectivity index (χ1v) is 8.59. The number of fused-ring (bicyclic) bond motifs is 2. The molecule has 128 valence electrons. The minimum Gasteiger partial charge on any atom is -0.350 e. The summed E-state index contributed by atoms with van der Waals surface area (Å²) in [6.07, 6.45) is 4.02. The van der Waals surface area contributed by atoms with Gasteiger partial charge in [-0.2, -0.15) is 0 Å². The van der Waals surface area contributed by atoms with Gasteiger partial charge in [-0.1, -0.05) is 6.42 Å². The van der Waals surface area contributed by atoms with Crippen molar-refractivity contribution in [2.24, 2.45) is 0 Å². The predicted molar refractivity (Wildman–Crippen MR) is 94.4 cm³/mol. The van der Waals surface area contributed by atoms with Crippen LogP contribution < -0.4 is 16.2 Å². The third-order valence-corrected chi connectivity index (χ3v) is 4.64. The molecule has 1 aromatic heterocycles. The van der Waals surface area contributed by atoms with E-state index in [-0.39, 0.29) is 17.5 Å². The van der Waals surface area contributed by atoms with Gasteiger partial charge in [-0.15, -0.1) is 0 Å². The standard InChI is InChI=1S/C18H24N4O2/c1-12(19-2)11-20-17(23)13-7-8-14-15(10-13)21-16-6-4-3-5-9-22(16)18(14)24/h7-8,10,12,19H,3-6,9,11H2,1-2H3,(H,20,23). The maximum absolute atomic E-state index is 12.7. The van der Waals surface area contributed by atoms with Crippen LogP contribution in [0.4, 0.5) is 0 Å². The number of carbonyl (C=O) groups excluding carboxylic acids is 1. The monoisotopic (exact) mass is 328 g/mol. The Morgan fingerprint density at radius 1 is 1.33 bits per heavy atom. The second kappa shape index (κ2) is 7.13. The van der Waals surface area contributed by atoms with Gasteiger partial charge in [0, 0.05) is 31.1 Å². The summed E-state index contributed by atoms with van der Waals surface area (Å²) in [5.74, 6) is 0.696. The summed E-state index contributed by atoms with van der Waals surface area (Å²) in [7, 11) is 1.86. The highest BCUT2D eigenvalue weighted by molar-refractivity contribution is 5.97. The molecule has 1 unspecified atom stereocenters. The highest BCUT2D eigenvalue weighted by atomic mass is 16.1. The Morgan fingerprint density at radius 2 is 2.17 bits per heavy atom. The van der Waals surface area contributed by atoms with Gasteiger partial charge in [0.1, 0.15) is 5.82 Å². The Morgan fingerprint density at radius 3 is 2.96 bits per heavy atom. The van der Waals surface area contributed by atoms with Crippen LogP contribution in [0, 0.1) is 0 Å². The first-order chi connectivity index (χ1) is 11.6. The van der Waals surface area contributed by atoms with Crippen molar-refractivity contribution in [1.29, 1.82) is 0 Å². The molecule has 0 fully saturated rings. The largest absolute Gasteiger partial charge is 0.350 e. The average Bonchev–Trinajstić information content (AvgIpc) is 2.84. The second-order valence-corrected chi connectivity index (χ2v) is 6.43. The van der Waals surface area contributed by atoms with Gasteiger partial charge in [0.05, 0.1) is 10.9 Å². The van der Waals surface area contributed by atoms with Gasteiger partial charge in [0.25, 0.3) is 11.5 Å². The van der Waals surface area contributed by atoms with Crippen LogP contribution in [0.25, 0.3) is 10.9 Å². The fourth-order valence-corrected chi connectivity index (χ4v) is 3.01. The maximum Gasteiger partial charge on any atom is 0.261 e. The second-order valence-electron chi connectivity index (χ2n) is 6.43. The van der Waals surface area contributed by atoms with Crippen molar-refractivity contribution in [3.63, 3.8) is 0 Å². The summed E-state index contributed by atoms with van der Waals surface area (Å²) in [6, 6.07) is 5.35. The third-order valence-electron chi connectivity index (χ3n) is 4.64. The van der Waals surface area contributed by atoms with E-state index in [0.29, 0.717) is 23.0 Å². The highest BCUT2D eigenvalue weighted by Gasteiger charge is 2.15. The number of hydrogen-bond donors (Lipinski definition) is 2. The van der Waals surface area contributed by atoms with Crippen LogP contribution in [0.2, 0.25) is 0 Å². The van der Waals surface area contributed by atoms with Gasteiger partial charge in [-0.25, -0.2) is 4.98 Å². The molecule has 1 aliphatic rings. The van der Waals surface area contributed by atoms with E-state index in [1.165, 1.54) is 0 Å². The van der Waals surface area contributed by atoms with Crippen molar-refractivity contribution in [2.45, 2.75) is 45.2 Å². The smallest absolute Gasteiger partial charge is 0.261 e. The van der Waals surface area contributed by atoms with E-state index < -0.39 is 0 Å². The number of benzene rings is 1. The van der Waals surface area contributed by atoms with E-state index in [9.17, 15) is 9.59 Å². The number of aryl methyl sites for hydroxylation is 1. The fraction of sp³-hybridized carbons (Fsp3) is 0.500. The number of amides is 1. The van der Waals surface area contributed by atoms with Gasteiger partial charge in [-0.3, -0.25) is 14.2 Å². The summed E-state index contributed by atoms with van der Waals surface area (Å²) in [5, 5.41) is 6.55. The number of likely N-dealkylation sites (N-methyl/N-ethyl adjacent to an activating group) is 1. The molecule has 0 aliphatic carbocycles. The Balaban J connectivity index is 1.93. The van der Waals surface area contributed by atoms with Crippen LogP contribution in [0.5, 0.6) is 0 Å². The first-order valence-electron chi connectivity index (χ1n) is 8.59. The molecular weight excluding hydrogens is 304 g/mol. The normalized spacial score (nSPS) is 15.6. The zero-order valence-corrected chi connectivity index (χ0v) is 14.3. The molecule has 0 saturated heterocycles. The van der Waals surface area contributed by atoms with Crippen LogP contribution in [-0.2, 0) is 13.0 Å². The van der Waals surface area contributed by atoms with Crippen molar-refractivity contribution in [2.75, 3.05) is 13.6 Å². The number of rotatable bonds is 4. The van der Waals surface area contributed by atoms with E-state index in [1.807, 2.05) is 14.0 Å². The Kier molecular flexibility index (Phi) is 4.94. The Bertz CT molecular complexity index is 813. The molecule has 1 atom stereocenters. The lowest BCUT2D eigenvalue weighted by atomic mass is 10.1. The molecule has 6 heteroatoms. The number of aromatic nitrogens is 2. The lowest BCUT2D eigenvalue weighted by Gasteiger charge is -2.13. The molecular formula is C18H24N4O2. The lowest BCUT2D eigenvalue weighted by Crippen LogP contribution is -2.37. The van der Waals surface area contributed by atoms with Crippen LogP contribution in [-0.4, -0.2) is 35.1 Å². The lowest BCUT2D eigenvalue weighted by molar-refractivity contribution is 0.0950. The molecule has 0 spiro atoms. The van der Waals surface area contributed by atoms with Crippen molar-refractivity contribution in [1.82, 2.24) is 20.2 Å². The van der Waals surface area contributed by atoms with E-state index >= 15 is 0 Å². The zero-order valence-electron chi connectivity index (χ0n) is 14.3. The summed E-state index contributed by atoms with van der Waals surface area (Å²) in [6.45, 7) is 3.29. The summed E-state index contributed by atoms with van der Waals surface area (Å²) < 4.78 is 1.80. The first kappa shape index (κ1) is 16.6. The molecule has 1 aliphatic heterocycles. The number of carbonyl (C=O) groups is 1. The van der Waals surface area contributed by atoms with Crippen molar-refractivity contribution >= 4 is 16.8 Å². The van der Waals surface area contributed by atoms with Crippen LogP contribution in [0.15, 0.2) is 23.0 Å². The van der Waals surface area contributed by atoms with E-state index in [4.69, 9.17) is 0 Å². The van der Waals surface area contributed by atoms with Gasteiger partial charge < -0.3 is 10.6 Å². The number of nitrogens with one attached hydrogen (secondary N) is 2. The van der Waals surface area contributed by atoms with Crippen molar-refractivity contribution in [3.05, 3.63) is 39.9 Å². The van der Waals surface area contributed by atoms with Gasteiger partial charge >= 0.3 is 0 Å². The maximum atomic E-state index is 12.7. The Labute approximate surface area is 141 Å². The third kappa shape index (κ3) is 3.33. The molecule has 1 aromatic carbocycles.